The van der Waals surface area contributed by atoms with Crippen LogP contribution in [0, 0.1) is 0 Å². The second-order valence-corrected chi connectivity index (χ2v) is 4.24. The average molecular weight is 287 g/mol. The number of amides is 1. The van der Waals surface area contributed by atoms with Gasteiger partial charge in [-0.2, -0.15) is 0 Å². The Bertz CT molecular complexity index is 617. The monoisotopic (exact) mass is 287 g/mol. The summed E-state index contributed by atoms with van der Waals surface area (Å²) in [7, 11) is 3.15. The molecule has 21 heavy (non-hydrogen) atoms. The van der Waals surface area contributed by atoms with Crippen LogP contribution in [0.1, 0.15) is 11.3 Å². The summed E-state index contributed by atoms with van der Waals surface area (Å²) < 4.78 is 15.5. The highest BCUT2D eigenvalue weighted by molar-refractivity contribution is 5.91. The van der Waals surface area contributed by atoms with Gasteiger partial charge < -0.3 is 19.2 Å². The lowest BCUT2D eigenvalue weighted by atomic mass is 10.2. The summed E-state index contributed by atoms with van der Waals surface area (Å²) in [4.78, 5) is 11.7. The smallest absolute Gasteiger partial charge is 0.244 e. The van der Waals surface area contributed by atoms with Crippen molar-refractivity contribution >= 4 is 12.0 Å². The van der Waals surface area contributed by atoms with E-state index in [1.807, 2.05) is 6.07 Å². The minimum Gasteiger partial charge on any atom is -0.493 e. The van der Waals surface area contributed by atoms with Gasteiger partial charge >= 0.3 is 0 Å². The molecule has 0 aliphatic rings. The lowest BCUT2D eigenvalue weighted by Gasteiger charge is -2.07. The topological polar surface area (TPSA) is 60.7 Å². The quantitative estimate of drug-likeness (QED) is 0.830. The van der Waals surface area contributed by atoms with Crippen molar-refractivity contribution in [2.75, 3.05) is 14.2 Å². The molecule has 1 aromatic heterocycles. The zero-order valence-electron chi connectivity index (χ0n) is 12.0. The van der Waals surface area contributed by atoms with Crippen LogP contribution in [-0.2, 0) is 11.3 Å². The van der Waals surface area contributed by atoms with Gasteiger partial charge in [0.15, 0.2) is 11.5 Å². The number of benzene rings is 1. The zero-order valence-corrected chi connectivity index (χ0v) is 12.0. The van der Waals surface area contributed by atoms with Gasteiger partial charge in [0, 0.05) is 6.08 Å². The second-order valence-electron chi connectivity index (χ2n) is 4.24. The van der Waals surface area contributed by atoms with E-state index in [4.69, 9.17) is 13.9 Å². The molecule has 0 atom stereocenters. The van der Waals surface area contributed by atoms with Crippen LogP contribution < -0.4 is 14.8 Å². The van der Waals surface area contributed by atoms with E-state index in [2.05, 4.69) is 5.32 Å². The van der Waals surface area contributed by atoms with Gasteiger partial charge in [0.1, 0.15) is 5.76 Å². The zero-order chi connectivity index (χ0) is 15.1. The van der Waals surface area contributed by atoms with Crippen LogP contribution in [-0.4, -0.2) is 20.1 Å². The molecule has 0 bridgehead atoms. The predicted molar refractivity (Wildman–Crippen MR) is 79.1 cm³/mol. The molecule has 0 aliphatic carbocycles. The maximum atomic E-state index is 11.7. The van der Waals surface area contributed by atoms with E-state index < -0.39 is 0 Å². The van der Waals surface area contributed by atoms with Crippen molar-refractivity contribution in [2.24, 2.45) is 0 Å². The molecule has 0 aliphatic heterocycles. The third kappa shape index (κ3) is 4.14. The number of ether oxygens (including phenoxy) is 2. The Kier molecular flexibility index (Phi) is 5.04. The molecule has 0 saturated heterocycles. The summed E-state index contributed by atoms with van der Waals surface area (Å²) in [6.07, 6.45) is 4.74. The highest BCUT2D eigenvalue weighted by atomic mass is 16.5. The first-order valence-electron chi connectivity index (χ1n) is 6.43. The molecule has 1 aromatic carbocycles. The van der Waals surface area contributed by atoms with E-state index in [1.165, 1.54) is 6.08 Å². The third-order valence-electron chi connectivity index (χ3n) is 2.85. The largest absolute Gasteiger partial charge is 0.493 e. The summed E-state index contributed by atoms with van der Waals surface area (Å²) in [6, 6.07) is 9.02. The Morgan fingerprint density at radius 3 is 2.71 bits per heavy atom. The number of hydrogen-bond acceptors (Lipinski definition) is 4. The first-order valence-corrected chi connectivity index (χ1v) is 6.43. The molecule has 0 fully saturated rings. The molecular weight excluding hydrogens is 270 g/mol. The fraction of sp³-hybridized carbons (Fsp3) is 0.188. The van der Waals surface area contributed by atoms with Gasteiger partial charge in [-0.25, -0.2) is 0 Å². The van der Waals surface area contributed by atoms with Crippen molar-refractivity contribution in [3.05, 3.63) is 54.0 Å². The minimum absolute atomic E-state index is 0.193. The molecule has 0 saturated carbocycles. The van der Waals surface area contributed by atoms with E-state index in [0.717, 1.165) is 5.56 Å². The molecular formula is C16H17NO4. The second kappa shape index (κ2) is 7.19. The van der Waals surface area contributed by atoms with Crippen molar-refractivity contribution in [1.82, 2.24) is 5.32 Å². The van der Waals surface area contributed by atoms with Crippen molar-refractivity contribution in [3.63, 3.8) is 0 Å². The Labute approximate surface area is 123 Å². The van der Waals surface area contributed by atoms with Crippen LogP contribution in [0.3, 0.4) is 0 Å². The van der Waals surface area contributed by atoms with Gasteiger partial charge in [-0.05, 0) is 35.9 Å². The Balaban J connectivity index is 1.95. The molecule has 5 heteroatoms. The van der Waals surface area contributed by atoms with Crippen molar-refractivity contribution in [1.29, 1.82) is 0 Å². The number of methoxy groups -OCH3 is 2. The van der Waals surface area contributed by atoms with E-state index in [1.54, 1.807) is 50.8 Å². The highest BCUT2D eigenvalue weighted by Crippen LogP contribution is 2.27. The van der Waals surface area contributed by atoms with Gasteiger partial charge in [-0.1, -0.05) is 6.07 Å². The van der Waals surface area contributed by atoms with Gasteiger partial charge in [0.2, 0.25) is 5.91 Å². The summed E-state index contributed by atoms with van der Waals surface area (Å²) in [5.41, 5.74) is 0.848. The van der Waals surface area contributed by atoms with E-state index in [9.17, 15) is 4.79 Å². The van der Waals surface area contributed by atoms with Crippen LogP contribution in [0.2, 0.25) is 0 Å². The molecule has 0 radical (unpaired) electrons. The lowest BCUT2D eigenvalue weighted by Crippen LogP contribution is -2.19. The molecule has 2 aromatic rings. The van der Waals surface area contributed by atoms with Crippen LogP contribution in [0.5, 0.6) is 11.5 Å². The molecule has 5 nitrogen and oxygen atoms in total. The van der Waals surface area contributed by atoms with Crippen molar-refractivity contribution in [3.8, 4) is 11.5 Å². The average Bonchev–Trinajstić information content (AvgIpc) is 3.04. The molecule has 110 valence electrons. The van der Waals surface area contributed by atoms with Crippen molar-refractivity contribution in [2.45, 2.75) is 6.54 Å². The number of rotatable bonds is 6. The number of carbonyl (C=O) groups excluding carboxylic acids is 1. The van der Waals surface area contributed by atoms with Crippen LogP contribution in [0.4, 0.5) is 0 Å². The SMILES string of the molecule is COc1ccc(/C=C/C(=O)NCc2ccco2)cc1OC. The van der Waals surface area contributed by atoms with Crippen LogP contribution in [0.15, 0.2) is 47.1 Å². The number of carbonyl (C=O) groups is 1. The molecule has 2 rings (SSSR count). The lowest BCUT2D eigenvalue weighted by molar-refractivity contribution is -0.116. The Hall–Kier alpha value is -2.69. The fourth-order valence-electron chi connectivity index (χ4n) is 1.77. The molecule has 0 spiro atoms. The van der Waals surface area contributed by atoms with Crippen LogP contribution >= 0.6 is 0 Å². The first kappa shape index (κ1) is 14.7. The van der Waals surface area contributed by atoms with Gasteiger partial charge in [-0.3, -0.25) is 4.79 Å². The van der Waals surface area contributed by atoms with Gasteiger partial charge in [-0.15, -0.1) is 0 Å². The number of nitrogens with one attached hydrogen (secondary N) is 1. The van der Waals surface area contributed by atoms with Crippen LogP contribution in [0.25, 0.3) is 6.08 Å². The van der Waals surface area contributed by atoms with E-state index >= 15 is 0 Å². The standard InChI is InChI=1S/C16H17NO4/c1-19-14-7-5-12(10-15(14)20-2)6-8-16(18)17-11-13-4-3-9-21-13/h3-10H,11H2,1-2H3,(H,17,18)/b8-6+. The maximum Gasteiger partial charge on any atom is 0.244 e. The summed E-state index contributed by atoms with van der Waals surface area (Å²) in [5.74, 6) is 1.79. The predicted octanol–water partition coefficient (Wildman–Crippen LogP) is 2.63. The summed E-state index contributed by atoms with van der Waals surface area (Å²) in [5, 5.41) is 2.73. The van der Waals surface area contributed by atoms with E-state index in [0.29, 0.717) is 23.8 Å². The normalized spacial score (nSPS) is 10.6. The Morgan fingerprint density at radius 1 is 1.24 bits per heavy atom. The highest BCUT2D eigenvalue weighted by Gasteiger charge is 2.03. The molecule has 1 heterocycles. The van der Waals surface area contributed by atoms with Gasteiger partial charge in [0.05, 0.1) is 27.0 Å². The first-order chi connectivity index (χ1) is 10.2. The summed E-state index contributed by atoms with van der Waals surface area (Å²) in [6.45, 7) is 0.363. The fourth-order valence-corrected chi connectivity index (χ4v) is 1.77. The molecule has 0 unspecified atom stereocenters. The van der Waals surface area contributed by atoms with Gasteiger partial charge in [0.25, 0.3) is 0 Å². The third-order valence-corrected chi connectivity index (χ3v) is 2.85. The number of hydrogen-bond donors (Lipinski definition) is 1. The maximum absolute atomic E-state index is 11.7. The van der Waals surface area contributed by atoms with E-state index in [-0.39, 0.29) is 5.91 Å². The van der Waals surface area contributed by atoms with Crippen molar-refractivity contribution < 1.29 is 18.7 Å². The number of furan rings is 1. The summed E-state index contributed by atoms with van der Waals surface area (Å²) >= 11 is 0. The Morgan fingerprint density at radius 2 is 2.05 bits per heavy atom. The molecule has 1 N–H and O–H groups in total. The minimum atomic E-state index is -0.193. The molecule has 1 amide bonds.